The average Bonchev–Trinajstić information content (AvgIpc) is 2.87. The lowest BCUT2D eigenvalue weighted by Gasteiger charge is -2.14. The lowest BCUT2D eigenvalue weighted by Crippen LogP contribution is -2.19. The van der Waals surface area contributed by atoms with Crippen molar-refractivity contribution in [2.45, 2.75) is 33.6 Å². The third-order valence-corrected chi connectivity index (χ3v) is 4.84. The molecule has 0 saturated heterocycles. The van der Waals surface area contributed by atoms with E-state index in [-0.39, 0.29) is 5.82 Å². The van der Waals surface area contributed by atoms with E-state index in [9.17, 15) is 13.2 Å². The largest absolute Gasteiger partial charge is 0.369 e. The van der Waals surface area contributed by atoms with Gasteiger partial charge in [-0.2, -0.15) is 0 Å². The van der Waals surface area contributed by atoms with Crippen molar-refractivity contribution in [2.75, 3.05) is 32.0 Å². The lowest BCUT2D eigenvalue weighted by atomic mass is 10.2. The van der Waals surface area contributed by atoms with E-state index in [0.717, 1.165) is 38.1 Å². The maximum Gasteiger partial charge on any atom is 0.159 e. The van der Waals surface area contributed by atoms with Crippen molar-refractivity contribution in [1.29, 1.82) is 0 Å². The van der Waals surface area contributed by atoms with E-state index in [1.165, 1.54) is 18.2 Å². The number of nitrogens with one attached hydrogen (secondary N) is 1. The average molecular weight is 471 g/mol. The number of halogens is 3. The molecular formula is C27H33F3N4. The van der Waals surface area contributed by atoms with Gasteiger partial charge < -0.3 is 10.2 Å². The number of aromatic nitrogens is 2. The first-order chi connectivity index (χ1) is 16.5. The van der Waals surface area contributed by atoms with Crippen LogP contribution in [0.1, 0.15) is 45.0 Å². The van der Waals surface area contributed by atoms with Gasteiger partial charge in [-0.25, -0.2) is 23.1 Å². The maximum absolute atomic E-state index is 13.8. The molecule has 1 aromatic heterocycles. The van der Waals surface area contributed by atoms with E-state index in [1.54, 1.807) is 18.2 Å². The summed E-state index contributed by atoms with van der Waals surface area (Å²) in [7, 11) is 2.08. The smallest absolute Gasteiger partial charge is 0.159 e. The monoisotopic (exact) mass is 470 g/mol. The predicted molar refractivity (Wildman–Crippen MR) is 137 cm³/mol. The van der Waals surface area contributed by atoms with Crippen LogP contribution in [0.4, 0.5) is 19.0 Å². The quantitative estimate of drug-likeness (QED) is 0.281. The minimum atomic E-state index is -0.914. The molecule has 1 heterocycles. The first-order valence-electron chi connectivity index (χ1n) is 11.3. The molecule has 0 aliphatic heterocycles. The number of hydrogen-bond donors (Lipinski definition) is 1. The number of unbranched alkanes of at least 4 members (excludes halogenated alkanes) is 1. The summed E-state index contributed by atoms with van der Waals surface area (Å²) in [6, 6.07) is 8.01. The van der Waals surface area contributed by atoms with Crippen molar-refractivity contribution in [3.05, 3.63) is 65.2 Å². The van der Waals surface area contributed by atoms with Gasteiger partial charge in [0.25, 0.3) is 0 Å². The molecular weight excluding hydrogens is 437 g/mol. The molecule has 1 N–H and O–H groups in total. The van der Waals surface area contributed by atoms with Crippen LogP contribution in [0.25, 0.3) is 23.1 Å². The van der Waals surface area contributed by atoms with E-state index >= 15 is 0 Å². The summed E-state index contributed by atoms with van der Waals surface area (Å²) in [4.78, 5) is 11.2. The van der Waals surface area contributed by atoms with Crippen molar-refractivity contribution in [3.8, 4) is 12.8 Å². The molecule has 2 aromatic carbocycles. The van der Waals surface area contributed by atoms with Crippen LogP contribution in [0.3, 0.4) is 0 Å². The molecule has 3 aromatic rings. The Morgan fingerprint density at radius 3 is 2.35 bits per heavy atom. The van der Waals surface area contributed by atoms with Crippen molar-refractivity contribution >= 4 is 28.9 Å². The molecule has 0 saturated carbocycles. The summed E-state index contributed by atoms with van der Waals surface area (Å²) in [6.07, 6.45) is 13.2. The molecule has 0 aliphatic rings. The second-order valence-corrected chi connectivity index (χ2v) is 7.13. The lowest BCUT2D eigenvalue weighted by molar-refractivity contribution is 0.345. The minimum absolute atomic E-state index is 0.358. The Hall–Kier alpha value is -3.37. The van der Waals surface area contributed by atoms with Crippen LogP contribution in [0.15, 0.2) is 36.4 Å². The number of benzene rings is 2. The summed E-state index contributed by atoms with van der Waals surface area (Å²) in [5.41, 5.74) is 1.09. The Morgan fingerprint density at radius 1 is 0.941 bits per heavy atom. The Kier molecular flexibility index (Phi) is 13.0. The van der Waals surface area contributed by atoms with Crippen molar-refractivity contribution < 1.29 is 13.2 Å². The molecule has 0 amide bonds. The van der Waals surface area contributed by atoms with E-state index in [4.69, 9.17) is 0 Å². The van der Waals surface area contributed by atoms with Crippen LogP contribution < -0.4 is 5.32 Å². The van der Waals surface area contributed by atoms with E-state index < -0.39 is 11.6 Å². The summed E-state index contributed by atoms with van der Waals surface area (Å²) in [5.74, 6) is -1.22. The van der Waals surface area contributed by atoms with Crippen molar-refractivity contribution in [1.82, 2.24) is 14.9 Å². The third kappa shape index (κ3) is 8.87. The number of nitrogens with zero attached hydrogens (tertiary/aromatic N) is 3. The Bertz CT molecular complexity index is 1080. The van der Waals surface area contributed by atoms with Gasteiger partial charge in [0.2, 0.25) is 0 Å². The van der Waals surface area contributed by atoms with Gasteiger partial charge in [0.15, 0.2) is 17.5 Å². The van der Waals surface area contributed by atoms with Crippen LogP contribution in [-0.4, -0.2) is 41.5 Å². The molecule has 182 valence electrons. The maximum atomic E-state index is 13.8. The Morgan fingerprint density at radius 2 is 1.68 bits per heavy atom. The van der Waals surface area contributed by atoms with Gasteiger partial charge in [-0.1, -0.05) is 32.9 Å². The minimum Gasteiger partial charge on any atom is -0.369 e. The third-order valence-electron chi connectivity index (χ3n) is 4.84. The summed E-state index contributed by atoms with van der Waals surface area (Å²) in [5, 5.41) is 3.88. The van der Waals surface area contributed by atoms with E-state index in [1.807, 2.05) is 13.8 Å². The molecule has 0 radical (unpaired) electrons. The SMILES string of the molecule is C#C.CC.CCN(C)CCCCNc1nc(/C=C/c2ccc(F)c(F)c2)nc2ccc(F)cc12. The van der Waals surface area contributed by atoms with Crippen LogP contribution in [0.5, 0.6) is 0 Å². The van der Waals surface area contributed by atoms with Crippen LogP contribution in [0.2, 0.25) is 0 Å². The standard InChI is InChI=1S/C23H25F3N4.C2H6.C2H2/c1-3-30(2)13-5-4-12-27-23-18-15-17(24)8-10-21(18)28-22(29-23)11-7-16-6-9-19(25)20(26)14-16;2*1-2/h6-11,14-15H,3-5,12-13H2,1-2H3,(H,27,28,29);1-2H3;1-2H/b11-7+;;. The van der Waals surface area contributed by atoms with Gasteiger partial charge in [-0.15, -0.1) is 12.8 Å². The second-order valence-electron chi connectivity index (χ2n) is 7.13. The van der Waals surface area contributed by atoms with Gasteiger partial charge in [0, 0.05) is 11.9 Å². The van der Waals surface area contributed by atoms with E-state index in [2.05, 4.69) is 47.0 Å². The highest BCUT2D eigenvalue weighted by Crippen LogP contribution is 2.22. The van der Waals surface area contributed by atoms with Gasteiger partial charge >= 0.3 is 0 Å². The van der Waals surface area contributed by atoms with Crippen molar-refractivity contribution in [2.24, 2.45) is 0 Å². The topological polar surface area (TPSA) is 41.0 Å². The fraction of sp³-hybridized carbons (Fsp3) is 0.333. The molecule has 0 fully saturated rings. The van der Waals surface area contributed by atoms with Crippen LogP contribution in [-0.2, 0) is 0 Å². The normalized spacial score (nSPS) is 10.5. The molecule has 0 spiro atoms. The number of hydrogen-bond acceptors (Lipinski definition) is 4. The summed E-state index contributed by atoms with van der Waals surface area (Å²) >= 11 is 0. The van der Waals surface area contributed by atoms with Gasteiger partial charge in [-0.05, 0) is 75.0 Å². The van der Waals surface area contributed by atoms with Crippen LogP contribution >= 0.6 is 0 Å². The zero-order valence-corrected chi connectivity index (χ0v) is 20.3. The highest BCUT2D eigenvalue weighted by Gasteiger charge is 2.08. The summed E-state index contributed by atoms with van der Waals surface area (Å²) in [6.45, 7) is 8.85. The van der Waals surface area contributed by atoms with Gasteiger partial charge in [0.05, 0.1) is 5.52 Å². The zero-order valence-electron chi connectivity index (χ0n) is 20.3. The highest BCUT2D eigenvalue weighted by molar-refractivity contribution is 5.90. The summed E-state index contributed by atoms with van der Waals surface area (Å²) < 4.78 is 40.3. The predicted octanol–water partition coefficient (Wildman–Crippen LogP) is 6.64. The molecule has 3 rings (SSSR count). The molecule has 4 nitrogen and oxygen atoms in total. The van der Waals surface area contributed by atoms with Gasteiger partial charge in [-0.3, -0.25) is 0 Å². The number of rotatable bonds is 9. The molecule has 0 bridgehead atoms. The van der Waals surface area contributed by atoms with Crippen molar-refractivity contribution in [3.63, 3.8) is 0 Å². The zero-order chi connectivity index (χ0) is 25.5. The molecule has 0 atom stereocenters. The number of terminal acetylenes is 1. The fourth-order valence-electron chi connectivity index (χ4n) is 2.99. The van der Waals surface area contributed by atoms with Gasteiger partial charge in [0.1, 0.15) is 11.6 Å². The second kappa shape index (κ2) is 15.5. The van der Waals surface area contributed by atoms with Crippen LogP contribution in [0, 0.1) is 30.3 Å². The fourth-order valence-corrected chi connectivity index (χ4v) is 2.99. The first-order valence-corrected chi connectivity index (χ1v) is 11.3. The Labute approximate surface area is 200 Å². The molecule has 7 heteroatoms. The first kappa shape index (κ1) is 28.7. The number of anilines is 1. The molecule has 0 unspecified atom stereocenters. The Balaban J connectivity index is 0.00000137. The molecule has 0 aliphatic carbocycles. The highest BCUT2D eigenvalue weighted by atomic mass is 19.2. The molecule has 34 heavy (non-hydrogen) atoms. The van der Waals surface area contributed by atoms with E-state index in [0.29, 0.717) is 34.7 Å². The number of fused-ring (bicyclic) bond motifs is 1.